The van der Waals surface area contributed by atoms with Crippen LogP contribution < -0.4 is 0 Å². The number of nitrogens with zero attached hydrogens (tertiary/aromatic N) is 3. The largest absolute Gasteiger partial charge is 0.406 e. The van der Waals surface area contributed by atoms with Crippen LogP contribution in [-0.2, 0) is 25.1 Å². The summed E-state index contributed by atoms with van der Waals surface area (Å²) in [4.78, 5) is 4.26. The van der Waals surface area contributed by atoms with Crippen LogP contribution in [0.25, 0.3) is 11.3 Å². The lowest BCUT2D eigenvalue weighted by Gasteiger charge is -2.14. The standard InChI is InChI=1S/C19H18F3N3OS/c20-19(21,22)12-25-16(13-6-2-1-3-7-13)10-23-18(25)27-11-15-14-8-4-5-9-17(14)26-24-15/h1-3,6-7,10H,4-5,8-9,11-12H2. The van der Waals surface area contributed by atoms with Crippen LogP contribution in [0.2, 0.25) is 0 Å². The molecule has 4 nitrogen and oxygen atoms in total. The van der Waals surface area contributed by atoms with Crippen LogP contribution in [0.1, 0.15) is 29.9 Å². The Kier molecular flexibility index (Phi) is 4.99. The van der Waals surface area contributed by atoms with Gasteiger partial charge in [-0.1, -0.05) is 47.3 Å². The van der Waals surface area contributed by atoms with Gasteiger partial charge in [0.1, 0.15) is 12.3 Å². The third-order valence-electron chi connectivity index (χ3n) is 4.60. The minimum absolute atomic E-state index is 0.332. The monoisotopic (exact) mass is 393 g/mol. The topological polar surface area (TPSA) is 43.9 Å². The molecule has 0 radical (unpaired) electrons. The Bertz CT molecular complexity index is 918. The average molecular weight is 393 g/mol. The molecular weight excluding hydrogens is 375 g/mol. The van der Waals surface area contributed by atoms with Crippen molar-refractivity contribution in [1.82, 2.24) is 14.7 Å². The Labute approximate surface area is 158 Å². The molecule has 0 N–H and O–H groups in total. The van der Waals surface area contributed by atoms with Crippen molar-refractivity contribution in [3.63, 3.8) is 0 Å². The highest BCUT2D eigenvalue weighted by molar-refractivity contribution is 7.98. The molecule has 0 bridgehead atoms. The molecule has 0 unspecified atom stereocenters. The number of alkyl halides is 3. The molecule has 142 valence electrons. The molecular formula is C19H18F3N3OS. The van der Waals surface area contributed by atoms with Gasteiger partial charge in [-0.2, -0.15) is 13.2 Å². The van der Waals surface area contributed by atoms with Crippen LogP contribution in [0.3, 0.4) is 0 Å². The summed E-state index contributed by atoms with van der Waals surface area (Å²) in [6.07, 6.45) is 1.15. The van der Waals surface area contributed by atoms with E-state index in [9.17, 15) is 13.2 Å². The lowest BCUT2D eigenvalue weighted by Crippen LogP contribution is -2.19. The van der Waals surface area contributed by atoms with Gasteiger partial charge in [0.15, 0.2) is 5.16 Å². The summed E-state index contributed by atoms with van der Waals surface area (Å²) < 4.78 is 46.1. The van der Waals surface area contributed by atoms with E-state index in [2.05, 4.69) is 10.1 Å². The number of aryl methyl sites for hydroxylation is 1. The molecule has 8 heteroatoms. The summed E-state index contributed by atoms with van der Waals surface area (Å²) >= 11 is 1.26. The molecule has 0 atom stereocenters. The maximum Gasteiger partial charge on any atom is 0.406 e. The first-order valence-corrected chi connectivity index (χ1v) is 9.76. The minimum atomic E-state index is -4.33. The predicted molar refractivity (Wildman–Crippen MR) is 96.4 cm³/mol. The van der Waals surface area contributed by atoms with Crippen molar-refractivity contribution in [2.75, 3.05) is 0 Å². The Balaban J connectivity index is 1.60. The molecule has 0 saturated carbocycles. The highest BCUT2D eigenvalue weighted by Gasteiger charge is 2.31. The first-order valence-electron chi connectivity index (χ1n) is 8.78. The van der Waals surface area contributed by atoms with Gasteiger partial charge in [0.25, 0.3) is 0 Å². The zero-order valence-electron chi connectivity index (χ0n) is 14.5. The number of fused-ring (bicyclic) bond motifs is 1. The van der Waals surface area contributed by atoms with Gasteiger partial charge in [0.05, 0.1) is 17.6 Å². The van der Waals surface area contributed by atoms with Crippen molar-refractivity contribution in [3.05, 3.63) is 53.5 Å². The average Bonchev–Trinajstić information content (AvgIpc) is 3.23. The van der Waals surface area contributed by atoms with Crippen molar-refractivity contribution in [3.8, 4) is 11.3 Å². The first-order chi connectivity index (χ1) is 13.0. The van der Waals surface area contributed by atoms with Crippen molar-refractivity contribution in [1.29, 1.82) is 0 Å². The Morgan fingerprint density at radius 3 is 2.67 bits per heavy atom. The van der Waals surface area contributed by atoms with Gasteiger partial charge in [-0.3, -0.25) is 0 Å². The van der Waals surface area contributed by atoms with Gasteiger partial charge in [-0.25, -0.2) is 4.98 Å². The molecule has 3 aromatic rings. The van der Waals surface area contributed by atoms with E-state index >= 15 is 0 Å². The number of hydrogen-bond acceptors (Lipinski definition) is 4. The fourth-order valence-electron chi connectivity index (χ4n) is 3.34. The van der Waals surface area contributed by atoms with Gasteiger partial charge in [-0.05, 0) is 24.8 Å². The number of imidazole rings is 1. The van der Waals surface area contributed by atoms with Crippen molar-refractivity contribution >= 4 is 11.8 Å². The normalized spacial score (nSPS) is 14.3. The Morgan fingerprint density at radius 1 is 1.11 bits per heavy atom. The van der Waals surface area contributed by atoms with E-state index < -0.39 is 12.7 Å². The van der Waals surface area contributed by atoms with E-state index in [0.717, 1.165) is 42.7 Å². The molecule has 1 aliphatic carbocycles. The molecule has 2 heterocycles. The van der Waals surface area contributed by atoms with Crippen molar-refractivity contribution in [2.45, 2.75) is 49.3 Å². The van der Waals surface area contributed by atoms with Gasteiger partial charge in [0, 0.05) is 17.7 Å². The summed E-state index contributed by atoms with van der Waals surface area (Å²) in [5.41, 5.74) is 3.10. The second kappa shape index (κ2) is 7.42. The molecule has 0 spiro atoms. The number of hydrogen-bond donors (Lipinski definition) is 0. The molecule has 4 rings (SSSR count). The number of aromatic nitrogens is 3. The van der Waals surface area contributed by atoms with Crippen LogP contribution in [0, 0.1) is 0 Å². The van der Waals surface area contributed by atoms with Crippen LogP contribution in [0.4, 0.5) is 13.2 Å². The molecule has 0 fully saturated rings. The van der Waals surface area contributed by atoms with Crippen LogP contribution in [0.5, 0.6) is 0 Å². The molecule has 27 heavy (non-hydrogen) atoms. The zero-order chi connectivity index (χ0) is 18.9. The third kappa shape index (κ3) is 4.05. The quantitative estimate of drug-likeness (QED) is 0.554. The summed E-state index contributed by atoms with van der Waals surface area (Å²) in [5, 5.41) is 4.46. The highest BCUT2D eigenvalue weighted by atomic mass is 32.2. The van der Waals surface area contributed by atoms with Crippen LogP contribution >= 0.6 is 11.8 Å². The number of halogens is 3. The SMILES string of the molecule is FC(F)(F)Cn1c(-c2ccccc2)cnc1SCc1noc2c1CCCC2. The van der Waals surface area contributed by atoms with Crippen molar-refractivity contribution in [2.24, 2.45) is 0 Å². The lowest BCUT2D eigenvalue weighted by atomic mass is 9.97. The van der Waals surface area contributed by atoms with E-state index in [4.69, 9.17) is 4.52 Å². The van der Waals surface area contributed by atoms with Gasteiger partial charge < -0.3 is 9.09 Å². The number of rotatable bonds is 5. The van der Waals surface area contributed by atoms with Crippen LogP contribution in [-0.4, -0.2) is 20.9 Å². The van der Waals surface area contributed by atoms with Crippen molar-refractivity contribution < 1.29 is 17.7 Å². The van der Waals surface area contributed by atoms with Gasteiger partial charge in [-0.15, -0.1) is 0 Å². The Hall–Kier alpha value is -2.22. The summed E-state index contributed by atoms with van der Waals surface area (Å²) in [6, 6.07) is 9.00. The zero-order valence-corrected chi connectivity index (χ0v) is 15.3. The second-order valence-corrected chi connectivity index (χ2v) is 7.46. The highest BCUT2D eigenvalue weighted by Crippen LogP contribution is 2.33. The van der Waals surface area contributed by atoms with Crippen LogP contribution in [0.15, 0.2) is 46.2 Å². The Morgan fingerprint density at radius 2 is 1.89 bits per heavy atom. The van der Waals surface area contributed by atoms with Gasteiger partial charge >= 0.3 is 6.18 Å². The molecule has 0 aliphatic heterocycles. The molecule has 0 amide bonds. The smallest absolute Gasteiger partial charge is 0.361 e. The maximum absolute atomic E-state index is 13.1. The second-order valence-electron chi connectivity index (χ2n) is 6.52. The van der Waals surface area contributed by atoms with E-state index in [1.165, 1.54) is 22.5 Å². The molecule has 2 aromatic heterocycles. The fraction of sp³-hybridized carbons (Fsp3) is 0.368. The van der Waals surface area contributed by atoms with E-state index in [0.29, 0.717) is 22.2 Å². The third-order valence-corrected chi connectivity index (χ3v) is 5.60. The first kappa shape index (κ1) is 18.2. The maximum atomic E-state index is 13.1. The number of thioether (sulfide) groups is 1. The summed E-state index contributed by atoms with van der Waals surface area (Å²) in [6.45, 7) is -1.07. The van der Waals surface area contributed by atoms with E-state index in [1.54, 1.807) is 24.3 Å². The molecule has 1 aliphatic rings. The lowest BCUT2D eigenvalue weighted by molar-refractivity contribution is -0.141. The number of benzene rings is 1. The summed E-state index contributed by atoms with van der Waals surface area (Å²) in [7, 11) is 0. The van der Waals surface area contributed by atoms with Gasteiger partial charge in [0.2, 0.25) is 0 Å². The predicted octanol–water partition coefficient (Wildman–Crippen LogP) is 5.27. The van der Waals surface area contributed by atoms with E-state index in [-0.39, 0.29) is 0 Å². The molecule has 0 saturated heterocycles. The fourth-order valence-corrected chi connectivity index (χ4v) is 4.28. The summed E-state index contributed by atoms with van der Waals surface area (Å²) in [5.74, 6) is 1.36. The molecule has 1 aromatic carbocycles. The van der Waals surface area contributed by atoms with E-state index in [1.807, 2.05) is 6.07 Å². The minimum Gasteiger partial charge on any atom is -0.361 e.